The maximum absolute atomic E-state index is 13.4. The number of carbonyl (C=O) groups excluding carboxylic acids is 1. The summed E-state index contributed by atoms with van der Waals surface area (Å²) in [7, 11) is 6.53. The lowest BCUT2D eigenvalue weighted by atomic mass is 9.55. The van der Waals surface area contributed by atoms with E-state index in [1.807, 2.05) is 20.8 Å². The molecule has 2 saturated carbocycles. The van der Waals surface area contributed by atoms with Gasteiger partial charge in [-0.3, -0.25) is 4.79 Å². The Hall–Kier alpha value is -1.23. The van der Waals surface area contributed by atoms with Crippen molar-refractivity contribution in [2.24, 2.45) is 22.7 Å². The van der Waals surface area contributed by atoms with Crippen LogP contribution >= 0.6 is 0 Å². The molecule has 8 fully saturated rings. The van der Waals surface area contributed by atoms with Crippen LogP contribution in [0.1, 0.15) is 113 Å². The van der Waals surface area contributed by atoms with Crippen molar-refractivity contribution in [2.75, 3.05) is 28.4 Å². The highest BCUT2D eigenvalue weighted by molar-refractivity contribution is 5.88. The molecule has 9 aliphatic rings. The molecule has 6 heterocycles. The number of aliphatic hydroxyl groups is 2. The van der Waals surface area contributed by atoms with Crippen LogP contribution in [-0.4, -0.2) is 173 Å². The van der Waals surface area contributed by atoms with Crippen molar-refractivity contribution in [3.05, 3.63) is 11.6 Å². The van der Waals surface area contributed by atoms with Crippen LogP contribution in [0, 0.1) is 22.7 Å². The SMILES string of the molecule is CO[C@H]1C[C@H](O[C@@H]2[C@@H](C)O[C@@H](O[C@@H]3[C@@H](C)O[C@@H](O[C@@H]4CC5=CC[C@@]67O[C@@H](C)[C@@H]8CCC(=O)[C@]8(C)[C@@H](C[C@@H]6[C@@]5(C)C[C@H]4O)O7)C[C@H]3OC)C[C@H]2OC)O[C@H](C)[C@H]1O[C@H]1C[C@@H](OC)[C@H](O)[C@@H](C)O1. The fraction of sp³-hybridized carbons (Fsp3) is 0.939. The van der Waals surface area contributed by atoms with Gasteiger partial charge in [-0.1, -0.05) is 18.6 Å². The van der Waals surface area contributed by atoms with E-state index in [1.165, 1.54) is 5.57 Å². The average Bonchev–Trinajstić information content (AvgIpc) is 3.80. The minimum absolute atomic E-state index is 0.0134. The Morgan fingerprint density at radius 2 is 1.09 bits per heavy atom. The smallest absolute Gasteiger partial charge is 0.176 e. The summed E-state index contributed by atoms with van der Waals surface area (Å²) in [4.78, 5) is 13.4. The van der Waals surface area contributed by atoms with E-state index in [4.69, 9.17) is 66.3 Å². The van der Waals surface area contributed by atoms with E-state index in [1.54, 1.807) is 35.4 Å². The van der Waals surface area contributed by atoms with Gasteiger partial charge in [-0.05, 0) is 72.6 Å². The largest absolute Gasteiger partial charge is 0.390 e. The topological polar surface area (TPSA) is 187 Å². The van der Waals surface area contributed by atoms with Crippen LogP contribution in [0.3, 0.4) is 0 Å². The van der Waals surface area contributed by atoms with Crippen LogP contribution in [0.2, 0.25) is 0 Å². The maximum Gasteiger partial charge on any atom is 0.176 e. The van der Waals surface area contributed by atoms with Crippen molar-refractivity contribution in [3.8, 4) is 0 Å². The summed E-state index contributed by atoms with van der Waals surface area (Å²) in [6.07, 6.45) is -1.63. The van der Waals surface area contributed by atoms with Crippen molar-refractivity contribution in [2.45, 2.75) is 241 Å². The van der Waals surface area contributed by atoms with Gasteiger partial charge in [-0.15, -0.1) is 0 Å². The summed E-state index contributed by atoms with van der Waals surface area (Å²) in [6.45, 7) is 14.0. The van der Waals surface area contributed by atoms with E-state index < -0.39 is 104 Å². The maximum atomic E-state index is 13.4. The van der Waals surface area contributed by atoms with Crippen molar-refractivity contribution >= 4 is 5.78 Å². The lowest BCUT2D eigenvalue weighted by Gasteiger charge is -2.54. The molecule has 25 atom stereocenters. The predicted octanol–water partition coefficient (Wildman–Crippen LogP) is 4.48. The van der Waals surface area contributed by atoms with Crippen LogP contribution in [0.4, 0.5) is 0 Å². The average molecular weight is 939 g/mol. The molecule has 0 aromatic carbocycles. The Balaban J connectivity index is 0.781. The molecule has 376 valence electrons. The molecule has 0 radical (unpaired) electrons. The molecular formula is C49H78O17. The van der Waals surface area contributed by atoms with Gasteiger partial charge in [0.05, 0.1) is 78.7 Å². The number of fused-ring (bicyclic) bond motifs is 5. The van der Waals surface area contributed by atoms with Crippen molar-refractivity contribution in [1.29, 1.82) is 0 Å². The molecule has 17 nitrogen and oxygen atoms in total. The number of carbonyl (C=O) groups is 1. The third kappa shape index (κ3) is 8.82. The van der Waals surface area contributed by atoms with Gasteiger partial charge < -0.3 is 76.5 Å². The number of hydrogen-bond donors (Lipinski definition) is 2. The fourth-order valence-electron chi connectivity index (χ4n) is 13.8. The summed E-state index contributed by atoms with van der Waals surface area (Å²) in [5.74, 6) is -0.347. The summed E-state index contributed by atoms with van der Waals surface area (Å²) in [5, 5.41) is 22.3. The first-order valence-corrected chi connectivity index (χ1v) is 24.7. The van der Waals surface area contributed by atoms with Gasteiger partial charge in [0.2, 0.25) is 0 Å². The minimum atomic E-state index is -0.800. The van der Waals surface area contributed by atoms with E-state index in [-0.39, 0.29) is 53.6 Å². The molecule has 2 N–H and O–H groups in total. The molecule has 0 aromatic heterocycles. The highest BCUT2D eigenvalue weighted by Gasteiger charge is 2.69. The van der Waals surface area contributed by atoms with Crippen molar-refractivity contribution in [1.82, 2.24) is 0 Å². The summed E-state index contributed by atoms with van der Waals surface area (Å²) in [5.41, 5.74) is 0.320. The van der Waals surface area contributed by atoms with Gasteiger partial charge in [0.1, 0.15) is 30.2 Å². The van der Waals surface area contributed by atoms with E-state index in [0.29, 0.717) is 51.4 Å². The zero-order valence-corrected chi connectivity index (χ0v) is 40.9. The summed E-state index contributed by atoms with van der Waals surface area (Å²) < 4.78 is 88.8. The molecule has 2 bridgehead atoms. The van der Waals surface area contributed by atoms with Crippen LogP contribution in [0.25, 0.3) is 0 Å². The number of aliphatic hydroxyl groups excluding tert-OH is 2. The first-order valence-electron chi connectivity index (χ1n) is 24.7. The molecular weight excluding hydrogens is 861 g/mol. The van der Waals surface area contributed by atoms with Gasteiger partial charge in [0.15, 0.2) is 30.9 Å². The predicted molar refractivity (Wildman–Crippen MR) is 233 cm³/mol. The van der Waals surface area contributed by atoms with Gasteiger partial charge in [-0.2, -0.15) is 0 Å². The summed E-state index contributed by atoms with van der Waals surface area (Å²) in [6, 6.07) is 0. The standard InChI is InChI=1S/C49H78O17/c1-23-29-12-13-37(51)48(29,7)38-21-36-47(6)22-30(50)31(16-28(47)14-15-49(36,65-23)66-38)61-39-18-33(54-9)44(25(3)58-39)63-41-20-35(56-11)46(27(5)60-41)64-42-19-34(55-10)45(26(4)59-42)62-40-17-32(53-8)43(52)24(2)57-40/h14,23-27,29-36,38-46,50,52H,12-13,15-22H2,1-11H3/t23-,24+,25+,26+,27+,29-,30+,31+,32+,33+,34-,35+,36+,38+,39-,40-,41-,42-,43+,44+,45+,46+,47-,48+,49-/m0/s1. The lowest BCUT2D eigenvalue weighted by molar-refractivity contribution is -0.348. The van der Waals surface area contributed by atoms with Crippen LogP contribution in [0.15, 0.2) is 11.6 Å². The molecule has 17 heteroatoms. The Labute approximate surface area is 390 Å². The number of Topliss-reactive ketones (excluding diaryl/α,β-unsaturated/α-hetero) is 1. The van der Waals surface area contributed by atoms with E-state index in [9.17, 15) is 15.0 Å². The highest BCUT2D eigenvalue weighted by atomic mass is 16.8. The monoisotopic (exact) mass is 939 g/mol. The Morgan fingerprint density at radius 3 is 1.61 bits per heavy atom. The zero-order valence-electron chi connectivity index (χ0n) is 40.9. The van der Waals surface area contributed by atoms with Gasteiger partial charge in [0, 0.05) is 78.8 Å². The number of rotatable bonds is 12. The molecule has 0 unspecified atom stereocenters. The lowest BCUT2D eigenvalue weighted by Crippen LogP contribution is -2.58. The quantitative estimate of drug-likeness (QED) is 0.261. The van der Waals surface area contributed by atoms with Crippen molar-refractivity contribution < 1.29 is 81.3 Å². The van der Waals surface area contributed by atoms with Gasteiger partial charge in [-0.25, -0.2) is 0 Å². The van der Waals surface area contributed by atoms with Gasteiger partial charge in [0.25, 0.3) is 0 Å². The molecule has 66 heavy (non-hydrogen) atoms. The summed E-state index contributed by atoms with van der Waals surface area (Å²) >= 11 is 0. The van der Waals surface area contributed by atoms with Crippen LogP contribution in [0.5, 0.6) is 0 Å². The molecule has 3 aliphatic carbocycles. The molecule has 0 amide bonds. The third-order valence-corrected chi connectivity index (χ3v) is 17.6. The second kappa shape index (κ2) is 19.4. The van der Waals surface area contributed by atoms with E-state index >= 15 is 0 Å². The third-order valence-electron chi connectivity index (χ3n) is 17.6. The first kappa shape index (κ1) is 49.7. The van der Waals surface area contributed by atoms with Crippen LogP contribution < -0.4 is 0 Å². The number of methoxy groups -OCH3 is 4. The normalized spacial score (nSPS) is 54.0. The number of hydrogen-bond acceptors (Lipinski definition) is 17. The second-order valence-corrected chi connectivity index (χ2v) is 21.3. The Kier molecular flexibility index (Phi) is 14.6. The van der Waals surface area contributed by atoms with Crippen molar-refractivity contribution in [3.63, 3.8) is 0 Å². The highest BCUT2D eigenvalue weighted by Crippen LogP contribution is 2.66. The molecule has 0 aromatic rings. The first-order chi connectivity index (χ1) is 31.4. The number of ketones is 1. The molecule has 9 rings (SSSR count). The Bertz CT molecular complexity index is 1740. The van der Waals surface area contributed by atoms with Gasteiger partial charge >= 0.3 is 0 Å². The fourth-order valence-corrected chi connectivity index (χ4v) is 13.8. The molecule has 1 spiro atoms. The molecule has 6 saturated heterocycles. The van der Waals surface area contributed by atoms with E-state index in [2.05, 4.69) is 26.8 Å². The van der Waals surface area contributed by atoms with E-state index in [0.717, 1.165) is 12.8 Å². The number of ether oxygens (including phenoxy) is 14. The Morgan fingerprint density at radius 1 is 0.606 bits per heavy atom. The van der Waals surface area contributed by atoms with Crippen LogP contribution in [-0.2, 0) is 71.1 Å². The second-order valence-electron chi connectivity index (χ2n) is 21.3. The minimum Gasteiger partial charge on any atom is -0.390 e. The molecule has 6 aliphatic heterocycles. The zero-order chi connectivity index (χ0) is 47.0.